The first-order chi connectivity index (χ1) is 11.8. The normalized spacial score (nSPS) is 10.4. The van der Waals surface area contributed by atoms with Crippen molar-refractivity contribution in [2.45, 2.75) is 46.1 Å². The Morgan fingerprint density at radius 1 is 0.792 bits per heavy atom. The molecule has 2 rings (SSSR count). The second-order valence-corrected chi connectivity index (χ2v) is 5.93. The summed E-state index contributed by atoms with van der Waals surface area (Å²) in [4.78, 5) is 0. The molecule has 0 saturated heterocycles. The Balaban J connectivity index is 1.81. The highest BCUT2D eigenvalue weighted by molar-refractivity contribution is 5.48. The maximum absolute atomic E-state index is 5.75. The van der Waals surface area contributed by atoms with Gasteiger partial charge >= 0.3 is 0 Å². The Kier molecular flexibility index (Phi) is 8.02. The molecule has 0 amide bonds. The van der Waals surface area contributed by atoms with Crippen molar-refractivity contribution in [2.24, 2.45) is 0 Å². The summed E-state index contributed by atoms with van der Waals surface area (Å²) in [6.45, 7) is 6.69. The molecule has 0 saturated carbocycles. The van der Waals surface area contributed by atoms with Gasteiger partial charge in [-0.3, -0.25) is 0 Å². The predicted octanol–water partition coefficient (Wildman–Crippen LogP) is 5.66. The van der Waals surface area contributed by atoms with Crippen molar-refractivity contribution in [1.29, 1.82) is 0 Å². The van der Waals surface area contributed by atoms with E-state index in [1.54, 1.807) is 0 Å². The number of rotatable bonds is 11. The first-order valence-corrected chi connectivity index (χ1v) is 9.00. The lowest BCUT2D eigenvalue weighted by Crippen LogP contribution is -2.01. The topological polar surface area (TPSA) is 30.5 Å². The van der Waals surface area contributed by atoms with Gasteiger partial charge in [0.25, 0.3) is 0 Å². The molecule has 24 heavy (non-hydrogen) atoms. The smallest absolute Gasteiger partial charge is 0.121 e. The fourth-order valence-corrected chi connectivity index (χ4v) is 2.27. The minimum absolute atomic E-state index is 0.777. The summed E-state index contributed by atoms with van der Waals surface area (Å²) in [6.07, 6.45) is 4.49. The van der Waals surface area contributed by atoms with E-state index in [4.69, 9.17) is 9.47 Å². The molecule has 3 heteroatoms. The standard InChI is InChI=1S/C21H29NO2/c1-3-5-14-23-20-12-10-18(11-13-20)17-22-19-8-7-9-21(16-19)24-15-6-4-2/h7-13,16,22H,3-6,14-15,17H2,1-2H3. The van der Waals surface area contributed by atoms with Gasteiger partial charge < -0.3 is 14.8 Å². The van der Waals surface area contributed by atoms with Gasteiger partial charge in [0.15, 0.2) is 0 Å². The highest BCUT2D eigenvalue weighted by Crippen LogP contribution is 2.19. The van der Waals surface area contributed by atoms with Crippen LogP contribution in [0.5, 0.6) is 11.5 Å². The van der Waals surface area contributed by atoms with E-state index < -0.39 is 0 Å². The average molecular weight is 327 g/mol. The molecule has 3 nitrogen and oxygen atoms in total. The first kappa shape index (κ1) is 18.2. The monoisotopic (exact) mass is 327 g/mol. The molecule has 0 radical (unpaired) electrons. The van der Waals surface area contributed by atoms with Crippen LogP contribution in [0, 0.1) is 0 Å². The lowest BCUT2D eigenvalue weighted by molar-refractivity contribution is 0.309. The van der Waals surface area contributed by atoms with Crippen molar-refractivity contribution in [3.05, 3.63) is 54.1 Å². The molecule has 2 aromatic carbocycles. The number of hydrogen-bond acceptors (Lipinski definition) is 3. The molecule has 130 valence electrons. The highest BCUT2D eigenvalue weighted by Gasteiger charge is 1.99. The first-order valence-electron chi connectivity index (χ1n) is 9.00. The summed E-state index contributed by atoms with van der Waals surface area (Å²) < 4.78 is 11.4. The molecule has 0 spiro atoms. The third-order valence-corrected chi connectivity index (χ3v) is 3.79. The van der Waals surface area contributed by atoms with Crippen LogP contribution in [-0.4, -0.2) is 13.2 Å². The van der Waals surface area contributed by atoms with Crippen LogP contribution in [0.4, 0.5) is 5.69 Å². The van der Waals surface area contributed by atoms with Gasteiger partial charge in [0.05, 0.1) is 13.2 Å². The minimum atomic E-state index is 0.777. The van der Waals surface area contributed by atoms with Crippen LogP contribution in [0.3, 0.4) is 0 Å². The van der Waals surface area contributed by atoms with E-state index in [2.05, 4.69) is 43.4 Å². The van der Waals surface area contributed by atoms with Gasteiger partial charge in [-0.25, -0.2) is 0 Å². The van der Waals surface area contributed by atoms with E-state index in [0.29, 0.717) is 0 Å². The van der Waals surface area contributed by atoms with Crippen LogP contribution < -0.4 is 14.8 Å². The number of unbranched alkanes of at least 4 members (excludes halogenated alkanes) is 2. The van der Waals surface area contributed by atoms with Gasteiger partial charge in [-0.05, 0) is 42.7 Å². The Labute approximate surface area is 146 Å². The Morgan fingerprint density at radius 3 is 2.12 bits per heavy atom. The average Bonchev–Trinajstić information content (AvgIpc) is 2.62. The quantitative estimate of drug-likeness (QED) is 0.540. The van der Waals surface area contributed by atoms with Crippen molar-refractivity contribution in [1.82, 2.24) is 0 Å². The van der Waals surface area contributed by atoms with Gasteiger partial charge in [-0.1, -0.05) is 44.9 Å². The highest BCUT2D eigenvalue weighted by atomic mass is 16.5. The van der Waals surface area contributed by atoms with Crippen LogP contribution in [0.25, 0.3) is 0 Å². The molecule has 0 heterocycles. The second-order valence-electron chi connectivity index (χ2n) is 5.93. The molecule has 1 N–H and O–H groups in total. The zero-order valence-corrected chi connectivity index (χ0v) is 14.9. The van der Waals surface area contributed by atoms with E-state index >= 15 is 0 Å². The molecule has 0 bridgehead atoms. The Bertz CT molecular complexity index is 581. The third-order valence-electron chi connectivity index (χ3n) is 3.79. The maximum atomic E-state index is 5.75. The third kappa shape index (κ3) is 6.53. The second kappa shape index (κ2) is 10.6. The SMILES string of the molecule is CCCCOc1ccc(CNc2cccc(OCCCC)c2)cc1. The van der Waals surface area contributed by atoms with Crippen LogP contribution in [0.2, 0.25) is 0 Å². The molecule has 0 fully saturated rings. The van der Waals surface area contributed by atoms with E-state index in [1.807, 2.05) is 24.3 Å². The fourth-order valence-electron chi connectivity index (χ4n) is 2.27. The number of nitrogens with one attached hydrogen (secondary N) is 1. The predicted molar refractivity (Wildman–Crippen MR) is 101 cm³/mol. The van der Waals surface area contributed by atoms with Crippen molar-refractivity contribution < 1.29 is 9.47 Å². The zero-order chi connectivity index (χ0) is 17.0. The lowest BCUT2D eigenvalue weighted by atomic mass is 10.2. The summed E-state index contributed by atoms with van der Waals surface area (Å²) in [6, 6.07) is 16.4. The summed E-state index contributed by atoms with van der Waals surface area (Å²) in [5.41, 5.74) is 2.31. The van der Waals surface area contributed by atoms with Crippen molar-refractivity contribution in [2.75, 3.05) is 18.5 Å². The van der Waals surface area contributed by atoms with Gasteiger partial charge in [-0.2, -0.15) is 0 Å². The van der Waals surface area contributed by atoms with Gasteiger partial charge in [0.1, 0.15) is 11.5 Å². The van der Waals surface area contributed by atoms with Crippen LogP contribution in [0.15, 0.2) is 48.5 Å². The van der Waals surface area contributed by atoms with Gasteiger partial charge in [-0.15, -0.1) is 0 Å². The van der Waals surface area contributed by atoms with Crippen LogP contribution in [-0.2, 0) is 6.54 Å². The van der Waals surface area contributed by atoms with Crippen molar-refractivity contribution >= 4 is 5.69 Å². The fraction of sp³-hybridized carbons (Fsp3) is 0.429. The van der Waals surface area contributed by atoms with Gasteiger partial charge in [0.2, 0.25) is 0 Å². The number of benzene rings is 2. The largest absolute Gasteiger partial charge is 0.494 e. The van der Waals surface area contributed by atoms with E-state index in [9.17, 15) is 0 Å². The van der Waals surface area contributed by atoms with E-state index in [-0.39, 0.29) is 0 Å². The van der Waals surface area contributed by atoms with Crippen molar-refractivity contribution in [3.63, 3.8) is 0 Å². The molecule has 0 aliphatic heterocycles. The number of ether oxygens (including phenoxy) is 2. The molecule has 0 aliphatic carbocycles. The maximum Gasteiger partial charge on any atom is 0.121 e. The molecule has 0 aliphatic rings. The van der Waals surface area contributed by atoms with Gasteiger partial charge in [0, 0.05) is 18.3 Å². The number of anilines is 1. The van der Waals surface area contributed by atoms with E-state index in [1.165, 1.54) is 5.56 Å². The lowest BCUT2D eigenvalue weighted by Gasteiger charge is -2.10. The molecular formula is C21H29NO2. The molecule has 2 aromatic rings. The molecule has 0 atom stereocenters. The summed E-state index contributed by atoms with van der Waals surface area (Å²) in [5.74, 6) is 1.87. The minimum Gasteiger partial charge on any atom is -0.494 e. The van der Waals surface area contributed by atoms with Crippen molar-refractivity contribution in [3.8, 4) is 11.5 Å². The molecular weight excluding hydrogens is 298 g/mol. The number of hydrogen-bond donors (Lipinski definition) is 1. The molecule has 0 aromatic heterocycles. The summed E-state index contributed by atoms with van der Waals surface area (Å²) in [5, 5.41) is 3.44. The van der Waals surface area contributed by atoms with E-state index in [0.717, 1.165) is 62.6 Å². The Morgan fingerprint density at radius 2 is 1.46 bits per heavy atom. The zero-order valence-electron chi connectivity index (χ0n) is 14.9. The van der Waals surface area contributed by atoms with Crippen LogP contribution >= 0.6 is 0 Å². The molecule has 0 unspecified atom stereocenters. The summed E-state index contributed by atoms with van der Waals surface area (Å²) in [7, 11) is 0. The Hall–Kier alpha value is -2.16. The van der Waals surface area contributed by atoms with Crippen LogP contribution in [0.1, 0.15) is 45.1 Å². The summed E-state index contributed by atoms with van der Waals surface area (Å²) >= 11 is 0.